The third-order valence-corrected chi connectivity index (χ3v) is 4.73. The molecule has 0 aliphatic carbocycles. The standard InChI is InChI=1S/C19H17N3S/c1-22(2)18-4-3-13(10-17(18)15-6-8-23-12-15)16-9-14-5-7-20-19(14)21-11-16/h3-12H,1-2H3,(H,20,21). The van der Waals surface area contributed by atoms with Crippen molar-refractivity contribution in [1.82, 2.24) is 9.97 Å². The molecule has 3 aromatic heterocycles. The van der Waals surface area contributed by atoms with Crippen molar-refractivity contribution in [2.45, 2.75) is 0 Å². The second kappa shape index (κ2) is 5.56. The van der Waals surface area contributed by atoms with Gasteiger partial charge in [-0.15, -0.1) is 0 Å². The highest BCUT2D eigenvalue weighted by Crippen LogP contribution is 2.35. The minimum Gasteiger partial charge on any atom is -0.377 e. The number of nitrogens with zero attached hydrogens (tertiary/aromatic N) is 2. The molecule has 23 heavy (non-hydrogen) atoms. The summed E-state index contributed by atoms with van der Waals surface area (Å²) in [5.41, 5.74) is 6.99. The van der Waals surface area contributed by atoms with Gasteiger partial charge in [0.05, 0.1) is 0 Å². The highest BCUT2D eigenvalue weighted by Gasteiger charge is 2.10. The number of H-pyrrole nitrogens is 1. The number of nitrogens with one attached hydrogen (secondary N) is 1. The Morgan fingerprint density at radius 2 is 1.91 bits per heavy atom. The van der Waals surface area contributed by atoms with Gasteiger partial charge in [-0.2, -0.15) is 11.3 Å². The maximum Gasteiger partial charge on any atom is 0.137 e. The van der Waals surface area contributed by atoms with Crippen molar-refractivity contribution < 1.29 is 0 Å². The summed E-state index contributed by atoms with van der Waals surface area (Å²) in [4.78, 5) is 9.80. The molecule has 0 aliphatic rings. The Balaban J connectivity index is 1.87. The number of aromatic amines is 1. The summed E-state index contributed by atoms with van der Waals surface area (Å²) in [5.74, 6) is 0. The van der Waals surface area contributed by atoms with E-state index < -0.39 is 0 Å². The highest BCUT2D eigenvalue weighted by molar-refractivity contribution is 7.08. The number of hydrogen-bond acceptors (Lipinski definition) is 3. The van der Waals surface area contributed by atoms with E-state index in [1.807, 2.05) is 12.4 Å². The van der Waals surface area contributed by atoms with Gasteiger partial charge in [0.1, 0.15) is 5.65 Å². The maximum absolute atomic E-state index is 4.50. The first-order chi connectivity index (χ1) is 11.2. The van der Waals surface area contributed by atoms with Crippen molar-refractivity contribution in [3.63, 3.8) is 0 Å². The first kappa shape index (κ1) is 14.0. The number of aromatic nitrogens is 2. The molecule has 0 amide bonds. The molecular weight excluding hydrogens is 302 g/mol. The highest BCUT2D eigenvalue weighted by atomic mass is 32.1. The summed E-state index contributed by atoms with van der Waals surface area (Å²) in [6.07, 6.45) is 3.86. The normalized spacial score (nSPS) is 11.0. The van der Waals surface area contributed by atoms with Crippen LogP contribution in [-0.4, -0.2) is 24.1 Å². The Morgan fingerprint density at radius 3 is 2.70 bits per heavy atom. The van der Waals surface area contributed by atoms with Crippen molar-refractivity contribution in [2.24, 2.45) is 0 Å². The summed E-state index contributed by atoms with van der Waals surface area (Å²) in [5, 5.41) is 5.45. The topological polar surface area (TPSA) is 31.9 Å². The average Bonchev–Trinajstić information content (AvgIpc) is 3.25. The molecule has 0 unspecified atom stereocenters. The lowest BCUT2D eigenvalue weighted by molar-refractivity contribution is 1.13. The predicted octanol–water partition coefficient (Wildman–Crippen LogP) is 5.02. The Labute approximate surface area is 139 Å². The SMILES string of the molecule is CN(C)c1ccc(-c2cnc3[nH]ccc3c2)cc1-c1ccsc1. The molecule has 1 N–H and O–H groups in total. The van der Waals surface area contributed by atoms with Gasteiger partial charge >= 0.3 is 0 Å². The Bertz CT molecular complexity index is 952. The molecule has 0 spiro atoms. The zero-order valence-electron chi connectivity index (χ0n) is 13.1. The third kappa shape index (κ3) is 2.51. The van der Waals surface area contributed by atoms with E-state index in [9.17, 15) is 0 Å². The molecule has 0 aliphatic heterocycles. The fraction of sp³-hybridized carbons (Fsp3) is 0.105. The van der Waals surface area contributed by atoms with Gasteiger partial charge in [-0.3, -0.25) is 0 Å². The molecule has 114 valence electrons. The van der Waals surface area contributed by atoms with Crippen LogP contribution in [-0.2, 0) is 0 Å². The van der Waals surface area contributed by atoms with E-state index in [4.69, 9.17) is 0 Å². The van der Waals surface area contributed by atoms with E-state index >= 15 is 0 Å². The molecule has 4 heteroatoms. The predicted molar refractivity (Wildman–Crippen MR) is 99.2 cm³/mol. The van der Waals surface area contributed by atoms with Crippen molar-refractivity contribution in [2.75, 3.05) is 19.0 Å². The fourth-order valence-corrected chi connectivity index (χ4v) is 3.51. The lowest BCUT2D eigenvalue weighted by Crippen LogP contribution is -2.09. The van der Waals surface area contributed by atoms with E-state index in [0.717, 1.165) is 16.6 Å². The van der Waals surface area contributed by atoms with Crippen molar-refractivity contribution >= 4 is 28.1 Å². The average molecular weight is 319 g/mol. The zero-order chi connectivity index (χ0) is 15.8. The lowest BCUT2D eigenvalue weighted by Gasteiger charge is -2.18. The number of fused-ring (bicyclic) bond motifs is 1. The molecule has 0 saturated carbocycles. The third-order valence-electron chi connectivity index (χ3n) is 4.04. The smallest absolute Gasteiger partial charge is 0.137 e. The summed E-state index contributed by atoms with van der Waals surface area (Å²) >= 11 is 1.72. The molecular formula is C19H17N3S. The Kier molecular flexibility index (Phi) is 3.39. The van der Waals surface area contributed by atoms with E-state index in [1.165, 1.54) is 22.4 Å². The number of hydrogen-bond donors (Lipinski definition) is 1. The number of pyridine rings is 1. The quantitative estimate of drug-likeness (QED) is 0.574. The molecule has 0 fully saturated rings. The van der Waals surface area contributed by atoms with Gasteiger partial charge in [0.2, 0.25) is 0 Å². The molecule has 0 atom stereocenters. The Morgan fingerprint density at radius 1 is 1.00 bits per heavy atom. The molecule has 3 heterocycles. The van der Waals surface area contributed by atoms with Gasteiger partial charge in [-0.25, -0.2) is 4.98 Å². The van der Waals surface area contributed by atoms with Gasteiger partial charge in [0.15, 0.2) is 0 Å². The van der Waals surface area contributed by atoms with Crippen LogP contribution in [0.15, 0.2) is 59.6 Å². The van der Waals surface area contributed by atoms with E-state index in [0.29, 0.717) is 0 Å². The molecule has 0 bridgehead atoms. The van der Waals surface area contributed by atoms with Crippen LogP contribution in [0.25, 0.3) is 33.3 Å². The number of benzene rings is 1. The summed E-state index contributed by atoms with van der Waals surface area (Å²) < 4.78 is 0. The van der Waals surface area contributed by atoms with E-state index in [2.05, 4.69) is 76.1 Å². The second-order valence-electron chi connectivity index (χ2n) is 5.78. The van der Waals surface area contributed by atoms with Crippen LogP contribution in [0, 0.1) is 0 Å². The van der Waals surface area contributed by atoms with Crippen molar-refractivity contribution in [3.8, 4) is 22.3 Å². The van der Waals surface area contributed by atoms with Gasteiger partial charge in [-0.05, 0) is 52.2 Å². The summed E-state index contributed by atoms with van der Waals surface area (Å²) in [7, 11) is 4.16. The summed E-state index contributed by atoms with van der Waals surface area (Å²) in [6, 6.07) is 13.0. The van der Waals surface area contributed by atoms with Gasteiger partial charge in [0.25, 0.3) is 0 Å². The number of anilines is 1. The molecule has 0 saturated heterocycles. The molecule has 3 nitrogen and oxygen atoms in total. The van der Waals surface area contributed by atoms with Crippen LogP contribution in [0.1, 0.15) is 0 Å². The minimum absolute atomic E-state index is 0.928. The minimum atomic E-state index is 0.928. The van der Waals surface area contributed by atoms with Gasteiger partial charge in [0, 0.05) is 48.7 Å². The van der Waals surface area contributed by atoms with Crippen LogP contribution in [0.3, 0.4) is 0 Å². The monoisotopic (exact) mass is 319 g/mol. The number of rotatable bonds is 3. The number of thiophene rings is 1. The second-order valence-corrected chi connectivity index (χ2v) is 6.56. The Hall–Kier alpha value is -2.59. The first-order valence-corrected chi connectivity index (χ1v) is 8.44. The zero-order valence-corrected chi connectivity index (χ0v) is 13.9. The van der Waals surface area contributed by atoms with Crippen LogP contribution in [0.4, 0.5) is 5.69 Å². The maximum atomic E-state index is 4.50. The van der Waals surface area contributed by atoms with Crippen molar-refractivity contribution in [1.29, 1.82) is 0 Å². The molecule has 1 aromatic carbocycles. The van der Waals surface area contributed by atoms with Crippen molar-refractivity contribution in [3.05, 3.63) is 59.6 Å². The largest absolute Gasteiger partial charge is 0.377 e. The van der Waals surface area contributed by atoms with Crippen LogP contribution < -0.4 is 4.90 Å². The fourth-order valence-electron chi connectivity index (χ4n) is 2.85. The lowest BCUT2D eigenvalue weighted by atomic mass is 9.99. The van der Waals surface area contributed by atoms with E-state index in [1.54, 1.807) is 11.3 Å². The molecule has 4 rings (SSSR count). The first-order valence-electron chi connectivity index (χ1n) is 7.50. The van der Waals surface area contributed by atoms with Crippen LogP contribution in [0.2, 0.25) is 0 Å². The molecule has 0 radical (unpaired) electrons. The van der Waals surface area contributed by atoms with Crippen LogP contribution in [0.5, 0.6) is 0 Å². The van der Waals surface area contributed by atoms with Gasteiger partial charge < -0.3 is 9.88 Å². The molecule has 4 aromatic rings. The van der Waals surface area contributed by atoms with Crippen LogP contribution >= 0.6 is 11.3 Å². The van der Waals surface area contributed by atoms with E-state index in [-0.39, 0.29) is 0 Å². The summed E-state index contributed by atoms with van der Waals surface area (Å²) in [6.45, 7) is 0. The van der Waals surface area contributed by atoms with Gasteiger partial charge in [-0.1, -0.05) is 6.07 Å².